The lowest BCUT2D eigenvalue weighted by Gasteiger charge is -2.44. The molecule has 0 bridgehead atoms. The summed E-state index contributed by atoms with van der Waals surface area (Å²) in [5.74, 6) is 0. The molecule has 1 aliphatic rings. The van der Waals surface area contributed by atoms with Crippen LogP contribution in [0, 0.1) is 10.8 Å². The van der Waals surface area contributed by atoms with E-state index in [1.165, 1.54) is 0 Å². The van der Waals surface area contributed by atoms with Gasteiger partial charge in [0, 0.05) is 0 Å². The number of rotatable bonds is 1. The van der Waals surface area contributed by atoms with Gasteiger partial charge in [0.1, 0.15) is 0 Å². The highest BCUT2D eigenvalue weighted by Crippen LogP contribution is 2.45. The maximum absolute atomic E-state index is 9.66. The van der Waals surface area contributed by atoms with Crippen molar-refractivity contribution < 1.29 is 5.11 Å². The second-order valence-electron chi connectivity index (χ2n) is 5.42. The molecule has 1 fully saturated rings. The maximum atomic E-state index is 9.66. The third-order valence-electron chi connectivity index (χ3n) is 2.91. The quantitative estimate of drug-likeness (QED) is 0.628. The van der Waals surface area contributed by atoms with Crippen LogP contribution in [0.5, 0.6) is 0 Å². The summed E-state index contributed by atoms with van der Waals surface area (Å²) in [6, 6.07) is 0. The molecule has 3 N–H and O–H groups in total. The molecule has 0 heterocycles. The average Bonchev–Trinajstić information content (AvgIpc) is 1.82. The van der Waals surface area contributed by atoms with Gasteiger partial charge in [0.25, 0.3) is 0 Å². The molecular formula is C10H21NO. The number of hydrogen-bond donors (Lipinski definition) is 2. The van der Waals surface area contributed by atoms with Crippen molar-refractivity contribution >= 4 is 0 Å². The van der Waals surface area contributed by atoms with Crippen LogP contribution in [0.1, 0.15) is 40.0 Å². The minimum Gasteiger partial charge on any atom is -0.393 e. The number of hydrogen-bond acceptors (Lipinski definition) is 2. The van der Waals surface area contributed by atoms with Gasteiger partial charge in [-0.3, -0.25) is 0 Å². The fraction of sp³-hybridized carbons (Fsp3) is 1.00. The summed E-state index contributed by atoms with van der Waals surface area (Å²) in [5, 5.41) is 9.66. The van der Waals surface area contributed by atoms with Crippen LogP contribution in [0.15, 0.2) is 0 Å². The molecular weight excluding hydrogens is 150 g/mol. The van der Waals surface area contributed by atoms with E-state index >= 15 is 0 Å². The first kappa shape index (κ1) is 10.0. The minimum absolute atomic E-state index is 0.151. The molecule has 2 atom stereocenters. The van der Waals surface area contributed by atoms with Crippen LogP contribution in [0.25, 0.3) is 0 Å². The molecule has 0 aromatic carbocycles. The summed E-state index contributed by atoms with van der Waals surface area (Å²) in [6.07, 6.45) is 2.77. The van der Waals surface area contributed by atoms with Gasteiger partial charge >= 0.3 is 0 Å². The highest BCUT2D eigenvalue weighted by atomic mass is 16.3. The fourth-order valence-electron chi connectivity index (χ4n) is 2.73. The highest BCUT2D eigenvalue weighted by molar-refractivity contribution is 4.91. The van der Waals surface area contributed by atoms with E-state index in [4.69, 9.17) is 5.73 Å². The summed E-state index contributed by atoms with van der Waals surface area (Å²) >= 11 is 0. The Kier molecular flexibility index (Phi) is 2.50. The molecule has 2 nitrogen and oxygen atoms in total. The van der Waals surface area contributed by atoms with Gasteiger partial charge in [-0.05, 0) is 36.6 Å². The van der Waals surface area contributed by atoms with E-state index in [0.717, 1.165) is 19.3 Å². The molecule has 1 saturated carbocycles. The number of aliphatic hydroxyl groups excluding tert-OH is 1. The predicted octanol–water partition coefficient (Wildman–Crippen LogP) is 1.52. The summed E-state index contributed by atoms with van der Waals surface area (Å²) in [6.45, 7) is 7.29. The van der Waals surface area contributed by atoms with Crippen molar-refractivity contribution in [3.63, 3.8) is 0 Å². The fourth-order valence-corrected chi connectivity index (χ4v) is 2.73. The highest BCUT2D eigenvalue weighted by Gasteiger charge is 2.39. The van der Waals surface area contributed by atoms with Gasteiger partial charge in [-0.1, -0.05) is 20.8 Å². The Morgan fingerprint density at radius 3 is 2.33 bits per heavy atom. The van der Waals surface area contributed by atoms with Gasteiger partial charge < -0.3 is 10.8 Å². The van der Waals surface area contributed by atoms with Crippen LogP contribution in [0.4, 0.5) is 0 Å². The van der Waals surface area contributed by atoms with E-state index < -0.39 is 0 Å². The molecule has 0 saturated heterocycles. The molecule has 0 unspecified atom stereocenters. The van der Waals surface area contributed by atoms with Crippen molar-refractivity contribution in [1.29, 1.82) is 0 Å². The van der Waals surface area contributed by atoms with Gasteiger partial charge in [0.05, 0.1) is 6.10 Å². The van der Waals surface area contributed by atoms with E-state index in [0.29, 0.717) is 6.54 Å². The van der Waals surface area contributed by atoms with Crippen molar-refractivity contribution in [3.05, 3.63) is 0 Å². The zero-order valence-corrected chi connectivity index (χ0v) is 8.43. The molecule has 1 rings (SSSR count). The van der Waals surface area contributed by atoms with Crippen molar-refractivity contribution in [1.82, 2.24) is 0 Å². The van der Waals surface area contributed by atoms with E-state index in [9.17, 15) is 5.11 Å². The Bertz CT molecular complexity index is 167. The lowest BCUT2D eigenvalue weighted by atomic mass is 9.63. The molecule has 0 radical (unpaired) electrons. The molecule has 0 aromatic rings. The third-order valence-corrected chi connectivity index (χ3v) is 2.91. The summed E-state index contributed by atoms with van der Waals surface area (Å²) < 4.78 is 0. The molecule has 0 amide bonds. The van der Waals surface area contributed by atoms with Gasteiger partial charge in [-0.25, -0.2) is 0 Å². The first-order chi connectivity index (χ1) is 5.37. The molecule has 12 heavy (non-hydrogen) atoms. The van der Waals surface area contributed by atoms with E-state index in [2.05, 4.69) is 20.8 Å². The zero-order chi connectivity index (χ0) is 9.41. The van der Waals surface area contributed by atoms with Gasteiger partial charge in [-0.15, -0.1) is 0 Å². The van der Waals surface area contributed by atoms with Gasteiger partial charge in [-0.2, -0.15) is 0 Å². The summed E-state index contributed by atoms with van der Waals surface area (Å²) in [5.41, 5.74) is 6.12. The molecule has 0 aliphatic heterocycles. The van der Waals surface area contributed by atoms with Crippen molar-refractivity contribution in [2.24, 2.45) is 16.6 Å². The van der Waals surface area contributed by atoms with Crippen LogP contribution < -0.4 is 5.73 Å². The first-order valence-corrected chi connectivity index (χ1v) is 4.75. The largest absolute Gasteiger partial charge is 0.393 e. The van der Waals surface area contributed by atoms with E-state index in [1.807, 2.05) is 0 Å². The molecule has 0 aromatic heterocycles. The van der Waals surface area contributed by atoms with Crippen LogP contribution >= 0.6 is 0 Å². The smallest absolute Gasteiger partial charge is 0.0551 e. The second kappa shape index (κ2) is 3.00. The first-order valence-electron chi connectivity index (χ1n) is 4.75. The predicted molar refractivity (Wildman–Crippen MR) is 50.8 cm³/mol. The molecule has 72 valence electrons. The Hall–Kier alpha value is -0.0800. The second-order valence-corrected chi connectivity index (χ2v) is 5.42. The third kappa shape index (κ3) is 2.20. The Morgan fingerprint density at radius 2 is 1.92 bits per heavy atom. The van der Waals surface area contributed by atoms with E-state index in [-0.39, 0.29) is 16.9 Å². The molecule has 2 heteroatoms. The van der Waals surface area contributed by atoms with Crippen LogP contribution in [0.2, 0.25) is 0 Å². The van der Waals surface area contributed by atoms with Crippen LogP contribution in [-0.2, 0) is 0 Å². The van der Waals surface area contributed by atoms with Crippen LogP contribution in [-0.4, -0.2) is 17.8 Å². The lowest BCUT2D eigenvalue weighted by Crippen LogP contribution is -2.42. The van der Waals surface area contributed by atoms with Crippen LogP contribution in [0.3, 0.4) is 0 Å². The van der Waals surface area contributed by atoms with Gasteiger partial charge in [0.2, 0.25) is 0 Å². The van der Waals surface area contributed by atoms with Crippen molar-refractivity contribution in [3.8, 4) is 0 Å². The maximum Gasteiger partial charge on any atom is 0.0551 e. The summed E-state index contributed by atoms with van der Waals surface area (Å²) in [7, 11) is 0. The zero-order valence-electron chi connectivity index (χ0n) is 8.43. The van der Waals surface area contributed by atoms with E-state index in [1.54, 1.807) is 0 Å². The van der Waals surface area contributed by atoms with Crippen molar-refractivity contribution in [2.75, 3.05) is 6.54 Å². The average molecular weight is 171 g/mol. The SMILES string of the molecule is CC1(C)C[C@@H](O)C[C@@](C)(CN)C1. The van der Waals surface area contributed by atoms with Gasteiger partial charge in [0.15, 0.2) is 0 Å². The molecule has 0 spiro atoms. The van der Waals surface area contributed by atoms with Crippen molar-refractivity contribution in [2.45, 2.75) is 46.1 Å². The Morgan fingerprint density at radius 1 is 1.33 bits per heavy atom. The molecule has 1 aliphatic carbocycles. The number of nitrogens with two attached hydrogens (primary N) is 1. The monoisotopic (exact) mass is 171 g/mol. The summed E-state index contributed by atoms with van der Waals surface area (Å²) in [4.78, 5) is 0. The minimum atomic E-state index is -0.151. The lowest BCUT2D eigenvalue weighted by molar-refractivity contribution is -0.00501. The number of aliphatic hydroxyl groups is 1. The normalized spacial score (nSPS) is 41.2. The Labute approximate surface area is 75.2 Å². The topological polar surface area (TPSA) is 46.2 Å². The Balaban J connectivity index is 2.70. The standard InChI is InChI=1S/C10H21NO/c1-9(2)4-8(12)5-10(3,6-9)7-11/h8,12H,4-7,11H2,1-3H3/t8-,10-/m1/s1.